The molecule has 0 aliphatic heterocycles. The Hall–Kier alpha value is -1.22. The van der Waals surface area contributed by atoms with Crippen LogP contribution >= 0.6 is 11.6 Å². The van der Waals surface area contributed by atoms with Crippen LogP contribution in [0.25, 0.3) is 0 Å². The summed E-state index contributed by atoms with van der Waals surface area (Å²) in [5.41, 5.74) is 6.73. The van der Waals surface area contributed by atoms with Crippen molar-refractivity contribution in [1.29, 1.82) is 0 Å². The maximum absolute atomic E-state index is 12.8. The molecule has 0 unspecified atom stereocenters. The van der Waals surface area contributed by atoms with E-state index in [1.807, 2.05) is 0 Å². The average Bonchev–Trinajstić information content (AvgIpc) is 2.12. The number of nitrogen functional groups attached to an aromatic ring is 1. The first-order valence-electron chi connectivity index (χ1n) is 3.67. The molecule has 0 bridgehead atoms. The fourth-order valence-electron chi connectivity index (χ4n) is 0.778. The van der Waals surface area contributed by atoms with Crippen molar-refractivity contribution in [1.82, 2.24) is 0 Å². The molecule has 13 heavy (non-hydrogen) atoms. The van der Waals surface area contributed by atoms with E-state index in [2.05, 4.69) is 0 Å². The number of benzene rings is 1. The minimum absolute atomic E-state index is 0.111. The highest BCUT2D eigenvalue weighted by Gasteiger charge is 1.99. The predicted molar refractivity (Wildman–Crippen MR) is 51.3 cm³/mol. The Morgan fingerprint density at radius 2 is 2.31 bits per heavy atom. The van der Waals surface area contributed by atoms with E-state index in [1.54, 1.807) is 12.1 Å². The van der Waals surface area contributed by atoms with Crippen LogP contribution < -0.4 is 10.5 Å². The Labute approximate surface area is 80.8 Å². The van der Waals surface area contributed by atoms with Crippen molar-refractivity contribution in [3.63, 3.8) is 0 Å². The molecule has 1 aromatic carbocycles. The topological polar surface area (TPSA) is 35.2 Å². The van der Waals surface area contributed by atoms with Crippen LogP contribution in [-0.2, 0) is 0 Å². The normalized spacial score (nSPS) is 10.6. The Balaban J connectivity index is 2.63. The van der Waals surface area contributed by atoms with Gasteiger partial charge in [-0.2, -0.15) is 0 Å². The summed E-state index contributed by atoms with van der Waals surface area (Å²) in [7, 11) is 0. The van der Waals surface area contributed by atoms with Crippen LogP contribution in [0.4, 0.5) is 10.1 Å². The third-order valence-electron chi connectivity index (χ3n) is 1.41. The van der Waals surface area contributed by atoms with E-state index in [1.165, 1.54) is 17.7 Å². The molecule has 0 heterocycles. The third-order valence-corrected chi connectivity index (χ3v) is 1.59. The summed E-state index contributed by atoms with van der Waals surface area (Å²) in [6, 6.07) is 4.28. The SMILES string of the molecule is Nc1ccc(OC/C=C/Cl)cc1F. The summed E-state index contributed by atoms with van der Waals surface area (Å²) in [6.45, 7) is 0.312. The lowest BCUT2D eigenvalue weighted by Crippen LogP contribution is -1.95. The largest absolute Gasteiger partial charge is 0.489 e. The van der Waals surface area contributed by atoms with Crippen molar-refractivity contribution in [2.75, 3.05) is 12.3 Å². The van der Waals surface area contributed by atoms with Crippen molar-refractivity contribution >= 4 is 17.3 Å². The monoisotopic (exact) mass is 201 g/mol. The summed E-state index contributed by atoms with van der Waals surface area (Å²) >= 11 is 5.27. The van der Waals surface area contributed by atoms with Gasteiger partial charge in [-0.25, -0.2) is 4.39 Å². The lowest BCUT2D eigenvalue weighted by Gasteiger charge is -2.03. The smallest absolute Gasteiger partial charge is 0.149 e. The van der Waals surface area contributed by atoms with Gasteiger partial charge in [-0.05, 0) is 18.2 Å². The van der Waals surface area contributed by atoms with Crippen LogP contribution in [0.5, 0.6) is 5.75 Å². The molecule has 1 rings (SSSR count). The van der Waals surface area contributed by atoms with Gasteiger partial charge in [0, 0.05) is 11.6 Å². The highest BCUT2D eigenvalue weighted by molar-refractivity contribution is 6.25. The lowest BCUT2D eigenvalue weighted by atomic mass is 10.3. The maximum Gasteiger partial charge on any atom is 0.149 e. The first kappa shape index (κ1) is 9.86. The minimum atomic E-state index is -0.479. The Bertz CT molecular complexity index is 314. The molecular formula is C9H9ClFNO. The molecule has 0 radical (unpaired) electrons. The van der Waals surface area contributed by atoms with Crippen molar-refractivity contribution < 1.29 is 9.13 Å². The van der Waals surface area contributed by atoms with E-state index in [9.17, 15) is 4.39 Å². The van der Waals surface area contributed by atoms with Gasteiger partial charge in [0.2, 0.25) is 0 Å². The fourth-order valence-corrected chi connectivity index (χ4v) is 0.851. The molecule has 0 spiro atoms. The van der Waals surface area contributed by atoms with Crippen molar-refractivity contribution in [2.24, 2.45) is 0 Å². The summed E-state index contributed by atoms with van der Waals surface area (Å²) in [6.07, 6.45) is 1.61. The molecule has 2 nitrogen and oxygen atoms in total. The van der Waals surface area contributed by atoms with E-state index in [0.29, 0.717) is 12.4 Å². The molecule has 70 valence electrons. The van der Waals surface area contributed by atoms with E-state index in [-0.39, 0.29) is 5.69 Å². The Morgan fingerprint density at radius 3 is 2.92 bits per heavy atom. The predicted octanol–water partition coefficient (Wildman–Crippen LogP) is 2.54. The van der Waals surface area contributed by atoms with Gasteiger partial charge in [-0.1, -0.05) is 11.6 Å². The number of anilines is 1. The Morgan fingerprint density at radius 1 is 1.54 bits per heavy atom. The molecule has 1 aromatic rings. The van der Waals surface area contributed by atoms with Crippen LogP contribution in [0.3, 0.4) is 0 Å². The van der Waals surface area contributed by atoms with E-state index >= 15 is 0 Å². The summed E-state index contributed by atoms with van der Waals surface area (Å²) in [4.78, 5) is 0. The van der Waals surface area contributed by atoms with E-state index < -0.39 is 5.82 Å². The summed E-state index contributed by atoms with van der Waals surface area (Å²) in [5.74, 6) is -0.0474. The van der Waals surface area contributed by atoms with Gasteiger partial charge in [0.1, 0.15) is 18.2 Å². The lowest BCUT2D eigenvalue weighted by molar-refractivity contribution is 0.361. The molecule has 2 N–H and O–H groups in total. The van der Waals surface area contributed by atoms with Gasteiger partial charge in [0.15, 0.2) is 0 Å². The minimum Gasteiger partial charge on any atom is -0.489 e. The number of ether oxygens (including phenoxy) is 1. The quantitative estimate of drug-likeness (QED) is 0.763. The van der Waals surface area contributed by atoms with E-state index in [4.69, 9.17) is 22.1 Å². The zero-order valence-corrected chi connectivity index (χ0v) is 7.59. The molecule has 0 saturated heterocycles. The molecule has 0 atom stereocenters. The van der Waals surface area contributed by atoms with Gasteiger partial charge in [-0.15, -0.1) is 0 Å². The highest BCUT2D eigenvalue weighted by Crippen LogP contribution is 2.17. The first-order chi connectivity index (χ1) is 6.24. The maximum atomic E-state index is 12.8. The molecule has 0 fully saturated rings. The zero-order valence-electron chi connectivity index (χ0n) is 6.84. The van der Waals surface area contributed by atoms with Crippen molar-refractivity contribution in [3.05, 3.63) is 35.6 Å². The van der Waals surface area contributed by atoms with Crippen molar-refractivity contribution in [2.45, 2.75) is 0 Å². The molecule has 0 aliphatic rings. The highest BCUT2D eigenvalue weighted by atomic mass is 35.5. The van der Waals surface area contributed by atoms with Gasteiger partial charge in [0.25, 0.3) is 0 Å². The van der Waals surface area contributed by atoms with E-state index in [0.717, 1.165) is 0 Å². The summed E-state index contributed by atoms with van der Waals surface area (Å²) < 4.78 is 18.0. The van der Waals surface area contributed by atoms with Gasteiger partial charge in [0.05, 0.1) is 5.69 Å². The standard InChI is InChI=1S/C9H9ClFNO/c10-4-1-5-13-7-2-3-9(12)8(11)6-7/h1-4,6H,5,12H2/b4-1+. The fraction of sp³-hybridized carbons (Fsp3) is 0.111. The number of nitrogens with two attached hydrogens (primary N) is 1. The molecule has 0 amide bonds. The molecular weight excluding hydrogens is 193 g/mol. The molecule has 0 aromatic heterocycles. The summed E-state index contributed by atoms with van der Waals surface area (Å²) in [5, 5.41) is 0. The second kappa shape index (κ2) is 4.72. The van der Waals surface area contributed by atoms with Gasteiger partial charge < -0.3 is 10.5 Å². The molecule has 0 saturated carbocycles. The molecule has 0 aliphatic carbocycles. The van der Waals surface area contributed by atoms with Crippen LogP contribution in [0.2, 0.25) is 0 Å². The third kappa shape index (κ3) is 2.95. The second-order valence-electron chi connectivity index (χ2n) is 2.36. The number of halogens is 2. The number of hydrogen-bond acceptors (Lipinski definition) is 2. The van der Waals surface area contributed by atoms with Crippen LogP contribution in [0.15, 0.2) is 29.8 Å². The number of rotatable bonds is 3. The molecule has 4 heteroatoms. The van der Waals surface area contributed by atoms with Crippen LogP contribution in [-0.4, -0.2) is 6.61 Å². The van der Waals surface area contributed by atoms with Crippen molar-refractivity contribution in [3.8, 4) is 5.75 Å². The van der Waals surface area contributed by atoms with Crippen LogP contribution in [0, 0.1) is 5.82 Å². The first-order valence-corrected chi connectivity index (χ1v) is 4.10. The van der Waals surface area contributed by atoms with Crippen LogP contribution in [0.1, 0.15) is 0 Å². The average molecular weight is 202 g/mol. The second-order valence-corrected chi connectivity index (χ2v) is 2.61. The van der Waals surface area contributed by atoms with Gasteiger partial charge in [-0.3, -0.25) is 0 Å². The number of hydrogen-bond donors (Lipinski definition) is 1. The Kier molecular flexibility index (Phi) is 3.58. The van der Waals surface area contributed by atoms with Gasteiger partial charge >= 0.3 is 0 Å². The zero-order chi connectivity index (χ0) is 9.68.